The van der Waals surface area contributed by atoms with Crippen molar-refractivity contribution in [1.82, 2.24) is 14.9 Å². The third-order valence-corrected chi connectivity index (χ3v) is 4.88. The Hall–Kier alpha value is -3.66. The van der Waals surface area contributed by atoms with Crippen LogP contribution >= 0.6 is 12.2 Å². The molecule has 2 aromatic heterocycles. The number of alkyl halides is 3. The van der Waals surface area contributed by atoms with Gasteiger partial charge in [0.1, 0.15) is 5.76 Å². The van der Waals surface area contributed by atoms with Crippen LogP contribution in [0.1, 0.15) is 21.7 Å². The lowest BCUT2D eigenvalue weighted by Gasteiger charge is -2.12. The molecule has 0 saturated heterocycles. The fourth-order valence-electron chi connectivity index (χ4n) is 3.10. The molecule has 10 heteroatoms. The number of rotatable bonds is 4. The lowest BCUT2D eigenvalue weighted by Crippen LogP contribution is -2.24. The number of H-pyrrole nitrogens is 1. The molecule has 2 heterocycles. The van der Waals surface area contributed by atoms with Gasteiger partial charge in [-0.05, 0) is 60.7 Å². The number of carbonyl (C=O) groups is 1. The van der Waals surface area contributed by atoms with E-state index in [1.54, 1.807) is 12.1 Å². The molecular weight excluding hydrogens is 431 g/mol. The molecule has 0 atom stereocenters. The first kappa shape index (κ1) is 20.6. The Balaban J connectivity index is 1.71. The summed E-state index contributed by atoms with van der Waals surface area (Å²) in [6.07, 6.45) is -3.06. The zero-order valence-electron chi connectivity index (χ0n) is 15.7. The van der Waals surface area contributed by atoms with Crippen LogP contribution in [0, 0.1) is 4.77 Å². The van der Waals surface area contributed by atoms with Gasteiger partial charge in [-0.25, -0.2) is 0 Å². The highest BCUT2D eigenvalue weighted by Crippen LogP contribution is 2.30. The molecular formula is C21H14F3N3O3S. The van der Waals surface area contributed by atoms with Crippen LogP contribution in [0.25, 0.3) is 16.6 Å². The minimum absolute atomic E-state index is 0.0109. The maximum absolute atomic E-state index is 13.0. The summed E-state index contributed by atoms with van der Waals surface area (Å²) in [5, 5.41) is 2.86. The lowest BCUT2D eigenvalue weighted by molar-refractivity contribution is -0.137. The number of amides is 1. The van der Waals surface area contributed by atoms with Gasteiger partial charge >= 0.3 is 6.18 Å². The van der Waals surface area contributed by atoms with E-state index in [1.165, 1.54) is 36.6 Å². The summed E-state index contributed by atoms with van der Waals surface area (Å²) in [6, 6.07) is 12.1. The smallest absolute Gasteiger partial charge is 0.416 e. The monoisotopic (exact) mass is 445 g/mol. The number of aromatic amines is 1. The van der Waals surface area contributed by atoms with Gasteiger partial charge < -0.3 is 14.7 Å². The molecule has 0 radical (unpaired) electrons. The first-order valence-electron chi connectivity index (χ1n) is 9.01. The fraction of sp³-hybridized carbons (Fsp3) is 0.0952. The van der Waals surface area contributed by atoms with Crippen LogP contribution in [0.2, 0.25) is 0 Å². The molecule has 0 unspecified atom stereocenters. The van der Waals surface area contributed by atoms with E-state index >= 15 is 0 Å². The Kier molecular flexibility index (Phi) is 5.24. The SMILES string of the molecule is O=C(NCc1ccco1)c1ccc2c(=O)n(-c3cccc(C(F)(F)F)c3)c(=S)[nH]c2c1. The van der Waals surface area contributed by atoms with Gasteiger partial charge in [-0.1, -0.05) is 6.07 Å². The Morgan fingerprint density at radius 3 is 2.65 bits per heavy atom. The lowest BCUT2D eigenvalue weighted by atomic mass is 10.1. The number of carbonyl (C=O) groups excluding carboxylic acids is 1. The van der Waals surface area contributed by atoms with E-state index < -0.39 is 17.3 Å². The molecule has 0 bridgehead atoms. The van der Waals surface area contributed by atoms with Crippen molar-refractivity contribution in [1.29, 1.82) is 0 Å². The molecule has 2 aromatic carbocycles. The molecule has 0 saturated carbocycles. The highest BCUT2D eigenvalue weighted by molar-refractivity contribution is 7.71. The summed E-state index contributed by atoms with van der Waals surface area (Å²) in [7, 11) is 0. The van der Waals surface area contributed by atoms with E-state index in [-0.39, 0.29) is 33.9 Å². The van der Waals surface area contributed by atoms with E-state index in [9.17, 15) is 22.8 Å². The van der Waals surface area contributed by atoms with Crippen LogP contribution in [0.4, 0.5) is 13.2 Å². The molecule has 6 nitrogen and oxygen atoms in total. The normalized spacial score (nSPS) is 11.6. The first-order valence-corrected chi connectivity index (χ1v) is 9.42. The second-order valence-corrected chi connectivity index (χ2v) is 7.03. The molecule has 4 rings (SSSR count). The minimum Gasteiger partial charge on any atom is -0.467 e. The van der Waals surface area contributed by atoms with Crippen molar-refractivity contribution in [2.45, 2.75) is 12.7 Å². The second kappa shape index (κ2) is 7.88. The van der Waals surface area contributed by atoms with Gasteiger partial charge in [0.15, 0.2) is 4.77 Å². The van der Waals surface area contributed by atoms with E-state index in [4.69, 9.17) is 16.6 Å². The molecule has 0 aliphatic heterocycles. The molecule has 0 fully saturated rings. The minimum atomic E-state index is -4.56. The summed E-state index contributed by atoms with van der Waals surface area (Å²) >= 11 is 5.21. The summed E-state index contributed by atoms with van der Waals surface area (Å²) in [5.74, 6) is 0.192. The zero-order chi connectivity index (χ0) is 22.2. The molecule has 158 valence electrons. The molecule has 31 heavy (non-hydrogen) atoms. The predicted octanol–water partition coefficient (Wildman–Crippen LogP) is 4.59. The Bertz CT molecular complexity index is 1390. The largest absolute Gasteiger partial charge is 0.467 e. The van der Waals surface area contributed by atoms with Crippen molar-refractivity contribution in [3.8, 4) is 5.69 Å². The first-order chi connectivity index (χ1) is 14.7. The molecule has 0 aliphatic rings. The van der Waals surface area contributed by atoms with Gasteiger partial charge in [0.2, 0.25) is 0 Å². The number of aromatic nitrogens is 2. The van der Waals surface area contributed by atoms with E-state index in [1.807, 2.05) is 0 Å². The third kappa shape index (κ3) is 4.15. The van der Waals surface area contributed by atoms with Gasteiger partial charge in [0.05, 0.1) is 35.0 Å². The van der Waals surface area contributed by atoms with Crippen molar-refractivity contribution in [2.75, 3.05) is 0 Å². The maximum atomic E-state index is 13.0. The summed E-state index contributed by atoms with van der Waals surface area (Å²) in [4.78, 5) is 28.2. The van der Waals surface area contributed by atoms with Gasteiger partial charge in [0.25, 0.3) is 11.5 Å². The Morgan fingerprint density at radius 1 is 1.13 bits per heavy atom. The highest BCUT2D eigenvalue weighted by Gasteiger charge is 2.30. The number of nitrogens with one attached hydrogen (secondary N) is 2. The summed E-state index contributed by atoms with van der Waals surface area (Å²) in [6.45, 7) is 0.191. The molecule has 0 spiro atoms. The van der Waals surface area contributed by atoms with Crippen molar-refractivity contribution in [3.63, 3.8) is 0 Å². The average molecular weight is 445 g/mol. The third-order valence-electron chi connectivity index (χ3n) is 4.59. The number of furan rings is 1. The quantitative estimate of drug-likeness (QED) is 0.451. The molecule has 0 aliphatic carbocycles. The van der Waals surface area contributed by atoms with E-state index in [2.05, 4.69) is 10.3 Å². The van der Waals surface area contributed by atoms with E-state index in [0.29, 0.717) is 11.3 Å². The van der Waals surface area contributed by atoms with Crippen molar-refractivity contribution in [2.24, 2.45) is 0 Å². The zero-order valence-corrected chi connectivity index (χ0v) is 16.5. The number of nitrogens with zero attached hydrogens (tertiary/aromatic N) is 1. The highest BCUT2D eigenvalue weighted by atomic mass is 32.1. The fourth-order valence-corrected chi connectivity index (χ4v) is 3.40. The van der Waals surface area contributed by atoms with Crippen LogP contribution in [-0.4, -0.2) is 15.5 Å². The van der Waals surface area contributed by atoms with Crippen LogP contribution in [0.5, 0.6) is 0 Å². The predicted molar refractivity (Wildman–Crippen MR) is 110 cm³/mol. The standard InChI is InChI=1S/C21H14F3N3O3S/c22-21(23,24)13-3-1-4-14(10-13)27-19(29)16-7-6-12(9-17(16)26-20(27)31)18(28)25-11-15-5-2-8-30-15/h1-10H,11H2,(H,25,28)(H,26,31). The number of fused-ring (bicyclic) bond motifs is 1. The molecule has 4 aromatic rings. The average Bonchev–Trinajstić information content (AvgIpc) is 3.25. The second-order valence-electron chi connectivity index (χ2n) is 6.64. The van der Waals surface area contributed by atoms with Crippen LogP contribution in [0.3, 0.4) is 0 Å². The number of hydrogen-bond acceptors (Lipinski definition) is 4. The van der Waals surface area contributed by atoms with Crippen LogP contribution in [0.15, 0.2) is 70.1 Å². The summed E-state index contributed by atoms with van der Waals surface area (Å²) in [5.41, 5.74) is -0.927. The Morgan fingerprint density at radius 2 is 1.94 bits per heavy atom. The Labute approximate surface area is 177 Å². The van der Waals surface area contributed by atoms with Gasteiger partial charge in [-0.15, -0.1) is 0 Å². The van der Waals surface area contributed by atoms with Crippen molar-refractivity contribution < 1.29 is 22.4 Å². The number of hydrogen-bond donors (Lipinski definition) is 2. The molecule has 2 N–H and O–H groups in total. The number of halogens is 3. The van der Waals surface area contributed by atoms with Gasteiger partial charge in [0, 0.05) is 5.56 Å². The van der Waals surface area contributed by atoms with Crippen LogP contribution < -0.4 is 10.9 Å². The topological polar surface area (TPSA) is 80.0 Å². The van der Waals surface area contributed by atoms with Gasteiger partial charge in [-0.2, -0.15) is 13.2 Å². The molecule has 1 amide bonds. The van der Waals surface area contributed by atoms with Gasteiger partial charge in [-0.3, -0.25) is 14.2 Å². The van der Waals surface area contributed by atoms with Crippen molar-refractivity contribution in [3.05, 3.63) is 92.9 Å². The maximum Gasteiger partial charge on any atom is 0.416 e. The van der Waals surface area contributed by atoms with Crippen LogP contribution in [-0.2, 0) is 12.7 Å². The summed E-state index contributed by atoms with van der Waals surface area (Å²) < 4.78 is 45.2. The van der Waals surface area contributed by atoms with E-state index in [0.717, 1.165) is 16.7 Å². The number of benzene rings is 2. The van der Waals surface area contributed by atoms with Crippen molar-refractivity contribution >= 4 is 29.0 Å².